The van der Waals surface area contributed by atoms with Crippen molar-refractivity contribution in [3.8, 4) is 0 Å². The van der Waals surface area contributed by atoms with Crippen molar-refractivity contribution in [2.75, 3.05) is 13.1 Å². The van der Waals surface area contributed by atoms with Gasteiger partial charge in [0.1, 0.15) is 4.88 Å². The van der Waals surface area contributed by atoms with Gasteiger partial charge in [0.2, 0.25) is 0 Å². The van der Waals surface area contributed by atoms with Gasteiger partial charge < -0.3 is 10.0 Å². The standard InChI is InChI=1S/C12H19N3O3S/c1-4-6-9-10(19-14-13-9)11(16)15(5-2)7-8(3)12(17)18/h8H,4-7H2,1-3H3,(H,17,18). The molecule has 0 saturated carbocycles. The SMILES string of the molecule is CCCc1nnsc1C(=O)N(CC)CC(C)C(=O)O. The van der Waals surface area contributed by atoms with Crippen molar-refractivity contribution in [3.63, 3.8) is 0 Å². The molecule has 1 amide bonds. The van der Waals surface area contributed by atoms with E-state index >= 15 is 0 Å². The zero-order valence-electron chi connectivity index (χ0n) is 11.4. The number of amides is 1. The monoisotopic (exact) mass is 285 g/mol. The zero-order chi connectivity index (χ0) is 14.4. The Hall–Kier alpha value is -1.50. The quantitative estimate of drug-likeness (QED) is 0.824. The van der Waals surface area contributed by atoms with Crippen LogP contribution in [-0.2, 0) is 11.2 Å². The lowest BCUT2D eigenvalue weighted by atomic mass is 10.1. The second-order valence-corrected chi connectivity index (χ2v) is 5.14. The highest BCUT2D eigenvalue weighted by atomic mass is 32.1. The minimum Gasteiger partial charge on any atom is -0.481 e. The number of aliphatic carboxylic acids is 1. The van der Waals surface area contributed by atoms with Crippen molar-refractivity contribution in [1.82, 2.24) is 14.5 Å². The van der Waals surface area contributed by atoms with E-state index in [-0.39, 0.29) is 12.5 Å². The van der Waals surface area contributed by atoms with E-state index in [0.717, 1.165) is 18.0 Å². The Bertz CT molecular complexity index is 447. The van der Waals surface area contributed by atoms with Crippen LogP contribution in [0.2, 0.25) is 0 Å². The molecule has 1 aromatic rings. The van der Waals surface area contributed by atoms with Crippen LogP contribution >= 0.6 is 11.5 Å². The summed E-state index contributed by atoms with van der Waals surface area (Å²) in [5.41, 5.74) is 0.707. The lowest BCUT2D eigenvalue weighted by Gasteiger charge is -2.22. The summed E-state index contributed by atoms with van der Waals surface area (Å²) in [6.07, 6.45) is 1.60. The van der Waals surface area contributed by atoms with Crippen LogP contribution in [0.3, 0.4) is 0 Å². The second-order valence-electron chi connectivity index (χ2n) is 4.38. The summed E-state index contributed by atoms with van der Waals surface area (Å²) in [4.78, 5) is 25.3. The van der Waals surface area contributed by atoms with Gasteiger partial charge in [-0.05, 0) is 24.9 Å². The van der Waals surface area contributed by atoms with Gasteiger partial charge in [0.15, 0.2) is 0 Å². The van der Waals surface area contributed by atoms with E-state index in [4.69, 9.17) is 5.11 Å². The maximum Gasteiger partial charge on any atom is 0.308 e. The summed E-state index contributed by atoms with van der Waals surface area (Å²) in [5, 5.41) is 12.9. The third-order valence-corrected chi connectivity index (χ3v) is 3.58. The number of aryl methyl sites for hydroxylation is 1. The topological polar surface area (TPSA) is 83.4 Å². The molecule has 6 nitrogen and oxygen atoms in total. The zero-order valence-corrected chi connectivity index (χ0v) is 12.2. The summed E-state index contributed by atoms with van der Waals surface area (Å²) in [6.45, 7) is 6.11. The maximum absolute atomic E-state index is 12.4. The maximum atomic E-state index is 12.4. The minimum atomic E-state index is -0.900. The van der Waals surface area contributed by atoms with Crippen LogP contribution in [0.1, 0.15) is 42.6 Å². The van der Waals surface area contributed by atoms with Crippen LogP contribution in [0.5, 0.6) is 0 Å². The molecular formula is C12H19N3O3S. The predicted octanol–water partition coefficient (Wildman–Crippen LogP) is 1.67. The first-order valence-electron chi connectivity index (χ1n) is 6.34. The third-order valence-electron chi connectivity index (χ3n) is 2.82. The molecule has 0 aromatic carbocycles. The normalized spacial score (nSPS) is 12.2. The summed E-state index contributed by atoms with van der Waals surface area (Å²) >= 11 is 1.08. The number of nitrogens with zero attached hydrogens (tertiary/aromatic N) is 3. The van der Waals surface area contributed by atoms with Crippen molar-refractivity contribution >= 4 is 23.4 Å². The predicted molar refractivity (Wildman–Crippen MR) is 72.3 cm³/mol. The van der Waals surface area contributed by atoms with Crippen LogP contribution in [0, 0.1) is 5.92 Å². The molecule has 0 aliphatic carbocycles. The second kappa shape index (κ2) is 7.18. The lowest BCUT2D eigenvalue weighted by molar-refractivity contribution is -0.141. The van der Waals surface area contributed by atoms with E-state index < -0.39 is 11.9 Å². The Labute approximate surface area is 116 Å². The number of carboxylic acids is 1. The number of hydrogen-bond donors (Lipinski definition) is 1. The number of hydrogen-bond acceptors (Lipinski definition) is 5. The fourth-order valence-corrected chi connectivity index (χ4v) is 2.36. The van der Waals surface area contributed by atoms with E-state index in [2.05, 4.69) is 9.59 Å². The largest absolute Gasteiger partial charge is 0.481 e. The molecular weight excluding hydrogens is 266 g/mol. The van der Waals surface area contributed by atoms with Crippen LogP contribution in [0.25, 0.3) is 0 Å². The molecule has 0 radical (unpaired) electrons. The van der Waals surface area contributed by atoms with Crippen molar-refractivity contribution in [1.29, 1.82) is 0 Å². The lowest BCUT2D eigenvalue weighted by Crippen LogP contribution is -2.36. The molecule has 1 heterocycles. The molecule has 0 saturated heterocycles. The molecule has 0 aliphatic rings. The van der Waals surface area contributed by atoms with Crippen LogP contribution < -0.4 is 0 Å². The average molecular weight is 285 g/mol. The fraction of sp³-hybridized carbons (Fsp3) is 0.667. The van der Waals surface area contributed by atoms with Crippen LogP contribution in [0.15, 0.2) is 0 Å². The molecule has 0 spiro atoms. The molecule has 0 aliphatic heterocycles. The summed E-state index contributed by atoms with van der Waals surface area (Å²) < 4.78 is 3.82. The Morgan fingerprint density at radius 2 is 2.11 bits per heavy atom. The van der Waals surface area contributed by atoms with E-state index in [1.165, 1.54) is 4.90 Å². The van der Waals surface area contributed by atoms with Gasteiger partial charge in [0.05, 0.1) is 11.6 Å². The van der Waals surface area contributed by atoms with Gasteiger partial charge in [-0.15, -0.1) is 5.10 Å². The molecule has 0 bridgehead atoms. The number of carboxylic acid groups (broad SMARTS) is 1. The summed E-state index contributed by atoms with van der Waals surface area (Å²) in [7, 11) is 0. The van der Waals surface area contributed by atoms with Gasteiger partial charge in [0, 0.05) is 13.1 Å². The van der Waals surface area contributed by atoms with Crippen molar-refractivity contribution in [3.05, 3.63) is 10.6 Å². The molecule has 19 heavy (non-hydrogen) atoms. The van der Waals surface area contributed by atoms with Crippen molar-refractivity contribution in [2.45, 2.75) is 33.6 Å². The molecule has 1 N–H and O–H groups in total. The van der Waals surface area contributed by atoms with Gasteiger partial charge in [-0.1, -0.05) is 24.8 Å². The highest BCUT2D eigenvalue weighted by Gasteiger charge is 2.24. The molecule has 1 aromatic heterocycles. The molecule has 1 atom stereocenters. The van der Waals surface area contributed by atoms with Crippen molar-refractivity contribution in [2.24, 2.45) is 5.92 Å². The Balaban J connectivity index is 2.83. The number of rotatable bonds is 7. The van der Waals surface area contributed by atoms with Crippen molar-refractivity contribution < 1.29 is 14.7 Å². The summed E-state index contributed by atoms with van der Waals surface area (Å²) in [6, 6.07) is 0. The number of aromatic nitrogens is 2. The molecule has 106 valence electrons. The molecule has 1 rings (SSSR count). The van der Waals surface area contributed by atoms with Crippen LogP contribution in [-0.4, -0.2) is 44.6 Å². The number of carbonyl (C=O) groups excluding carboxylic acids is 1. The highest BCUT2D eigenvalue weighted by Crippen LogP contribution is 2.16. The smallest absolute Gasteiger partial charge is 0.308 e. The van der Waals surface area contributed by atoms with E-state index in [1.54, 1.807) is 6.92 Å². The van der Waals surface area contributed by atoms with Gasteiger partial charge in [-0.25, -0.2) is 0 Å². The highest BCUT2D eigenvalue weighted by molar-refractivity contribution is 7.08. The Kier molecular flexibility index (Phi) is 5.88. The third kappa shape index (κ3) is 3.99. The molecule has 1 unspecified atom stereocenters. The van der Waals surface area contributed by atoms with E-state index in [1.807, 2.05) is 13.8 Å². The first-order chi connectivity index (χ1) is 9.01. The fourth-order valence-electron chi connectivity index (χ4n) is 1.68. The first kappa shape index (κ1) is 15.6. The van der Waals surface area contributed by atoms with Gasteiger partial charge in [-0.3, -0.25) is 9.59 Å². The van der Waals surface area contributed by atoms with Gasteiger partial charge in [-0.2, -0.15) is 0 Å². The molecule has 7 heteroatoms. The van der Waals surface area contributed by atoms with E-state index in [9.17, 15) is 9.59 Å². The van der Waals surface area contributed by atoms with Gasteiger partial charge in [0.25, 0.3) is 5.91 Å². The van der Waals surface area contributed by atoms with Crippen LogP contribution in [0.4, 0.5) is 0 Å². The molecule has 0 fully saturated rings. The average Bonchev–Trinajstić information content (AvgIpc) is 2.83. The number of carbonyl (C=O) groups is 2. The Morgan fingerprint density at radius 3 is 2.63 bits per heavy atom. The minimum absolute atomic E-state index is 0.172. The van der Waals surface area contributed by atoms with E-state index in [0.29, 0.717) is 23.5 Å². The van der Waals surface area contributed by atoms with Gasteiger partial charge >= 0.3 is 5.97 Å². The Morgan fingerprint density at radius 1 is 1.42 bits per heavy atom. The first-order valence-corrected chi connectivity index (χ1v) is 7.11. The summed E-state index contributed by atoms with van der Waals surface area (Å²) in [5.74, 6) is -1.66.